The number of carboxylic acid groups (broad SMARTS) is 1. The lowest BCUT2D eigenvalue weighted by atomic mass is 10.2. The van der Waals surface area contributed by atoms with Crippen molar-refractivity contribution in [3.05, 3.63) is 65.1 Å². The Bertz CT molecular complexity index is 778. The van der Waals surface area contributed by atoms with Gasteiger partial charge in [0.1, 0.15) is 0 Å². The largest absolute Gasteiger partial charge is 0.476 e. The second kappa shape index (κ2) is 4.98. The topological polar surface area (TPSA) is 55.1 Å². The van der Waals surface area contributed by atoms with Crippen LogP contribution in [-0.4, -0.2) is 20.6 Å². The summed E-state index contributed by atoms with van der Waals surface area (Å²) in [6.45, 7) is 0.576. The summed E-state index contributed by atoms with van der Waals surface area (Å²) in [6.07, 6.45) is 3.38. The molecule has 100 valence electrons. The molecule has 0 saturated heterocycles. The second-order valence-electron chi connectivity index (χ2n) is 4.47. The zero-order chi connectivity index (χ0) is 14.1. The molecule has 1 N–H and O–H groups in total. The first kappa shape index (κ1) is 12.7. The summed E-state index contributed by atoms with van der Waals surface area (Å²) >= 11 is 5.86. The van der Waals surface area contributed by atoms with Gasteiger partial charge in [0.2, 0.25) is 0 Å². The minimum absolute atomic E-state index is 0.0708. The Morgan fingerprint density at radius 3 is 2.65 bits per heavy atom. The summed E-state index contributed by atoms with van der Waals surface area (Å²) in [5.74, 6) is -1.02. The van der Waals surface area contributed by atoms with Crippen LogP contribution < -0.4 is 0 Å². The van der Waals surface area contributed by atoms with Crippen molar-refractivity contribution >= 4 is 28.5 Å². The van der Waals surface area contributed by atoms with Crippen molar-refractivity contribution in [3.8, 4) is 0 Å². The number of carboxylic acids is 1. The highest BCUT2D eigenvalue weighted by Gasteiger charge is 2.13. The average Bonchev–Trinajstić information content (AvgIpc) is 2.84. The van der Waals surface area contributed by atoms with E-state index in [9.17, 15) is 9.90 Å². The third-order valence-electron chi connectivity index (χ3n) is 3.15. The SMILES string of the molecule is O=C(O)c1nccc2ccn(Cc3ccc(Cl)cc3)c12. The third-order valence-corrected chi connectivity index (χ3v) is 3.40. The quantitative estimate of drug-likeness (QED) is 0.802. The molecule has 5 heteroatoms. The summed E-state index contributed by atoms with van der Waals surface area (Å²) in [6, 6.07) is 11.2. The molecule has 0 unspecified atom stereocenters. The number of benzene rings is 1. The van der Waals surface area contributed by atoms with E-state index in [1.807, 2.05) is 41.1 Å². The van der Waals surface area contributed by atoms with Gasteiger partial charge in [0.05, 0.1) is 5.52 Å². The first-order valence-corrected chi connectivity index (χ1v) is 6.44. The van der Waals surface area contributed by atoms with Crippen LogP contribution in [-0.2, 0) is 6.54 Å². The molecule has 0 atom stereocenters. The van der Waals surface area contributed by atoms with Crippen molar-refractivity contribution in [2.75, 3.05) is 0 Å². The molecule has 3 aromatic rings. The molecule has 0 bridgehead atoms. The first-order chi connectivity index (χ1) is 9.65. The number of fused-ring (bicyclic) bond motifs is 1. The molecule has 0 aliphatic heterocycles. The fraction of sp³-hybridized carbons (Fsp3) is 0.0667. The normalized spacial score (nSPS) is 10.8. The summed E-state index contributed by atoms with van der Waals surface area (Å²) < 4.78 is 1.88. The summed E-state index contributed by atoms with van der Waals surface area (Å²) in [7, 11) is 0. The Morgan fingerprint density at radius 2 is 1.95 bits per heavy atom. The molecule has 0 aliphatic rings. The molecule has 20 heavy (non-hydrogen) atoms. The molecule has 0 spiro atoms. The number of hydrogen-bond acceptors (Lipinski definition) is 2. The molecular formula is C15H11ClN2O2. The first-order valence-electron chi connectivity index (χ1n) is 6.07. The Kier molecular flexibility index (Phi) is 3.16. The van der Waals surface area contributed by atoms with E-state index in [2.05, 4.69) is 4.98 Å². The Balaban J connectivity index is 2.07. The number of nitrogens with zero attached hydrogens (tertiary/aromatic N) is 2. The van der Waals surface area contributed by atoms with E-state index < -0.39 is 5.97 Å². The predicted molar refractivity (Wildman–Crippen MR) is 77.2 cm³/mol. The van der Waals surface area contributed by atoms with Crippen molar-refractivity contribution in [1.29, 1.82) is 0 Å². The molecule has 0 amide bonds. The van der Waals surface area contributed by atoms with E-state index in [4.69, 9.17) is 11.6 Å². The molecule has 0 radical (unpaired) electrons. The van der Waals surface area contributed by atoms with E-state index in [1.54, 1.807) is 6.07 Å². The van der Waals surface area contributed by atoms with Gasteiger partial charge in [0.25, 0.3) is 0 Å². The number of hydrogen-bond donors (Lipinski definition) is 1. The Labute approximate surface area is 120 Å². The van der Waals surface area contributed by atoms with Crippen molar-refractivity contribution in [2.24, 2.45) is 0 Å². The fourth-order valence-electron chi connectivity index (χ4n) is 2.22. The standard InChI is InChI=1S/C15H11ClN2O2/c16-12-3-1-10(2-4-12)9-18-8-6-11-5-7-17-13(14(11)18)15(19)20/h1-8H,9H2,(H,19,20). The molecular weight excluding hydrogens is 276 g/mol. The predicted octanol–water partition coefficient (Wildman–Crippen LogP) is 3.44. The summed E-state index contributed by atoms with van der Waals surface area (Å²) in [5.41, 5.74) is 1.75. The molecule has 1 aromatic carbocycles. The van der Waals surface area contributed by atoms with Crippen LogP contribution in [0.1, 0.15) is 16.1 Å². The zero-order valence-corrected chi connectivity index (χ0v) is 11.2. The van der Waals surface area contributed by atoms with Gasteiger partial charge in [-0.1, -0.05) is 23.7 Å². The minimum Gasteiger partial charge on any atom is -0.476 e. The third kappa shape index (κ3) is 2.26. The maximum atomic E-state index is 11.3. The van der Waals surface area contributed by atoms with Crippen molar-refractivity contribution in [3.63, 3.8) is 0 Å². The molecule has 0 fully saturated rings. The van der Waals surface area contributed by atoms with E-state index in [-0.39, 0.29) is 5.69 Å². The Hall–Kier alpha value is -2.33. The van der Waals surface area contributed by atoms with E-state index in [0.717, 1.165) is 10.9 Å². The van der Waals surface area contributed by atoms with Gasteiger partial charge >= 0.3 is 5.97 Å². The van der Waals surface area contributed by atoms with Crippen LogP contribution in [0, 0.1) is 0 Å². The van der Waals surface area contributed by atoms with E-state index in [1.165, 1.54) is 6.20 Å². The number of aromatic carboxylic acids is 1. The number of rotatable bonds is 3. The van der Waals surface area contributed by atoms with Gasteiger partial charge in [0.15, 0.2) is 5.69 Å². The van der Waals surface area contributed by atoms with Crippen LogP contribution in [0.5, 0.6) is 0 Å². The number of carbonyl (C=O) groups is 1. The molecule has 0 aliphatic carbocycles. The maximum absolute atomic E-state index is 11.3. The van der Waals surface area contributed by atoms with Gasteiger partial charge in [-0.3, -0.25) is 0 Å². The van der Waals surface area contributed by atoms with Crippen LogP contribution in [0.25, 0.3) is 10.9 Å². The van der Waals surface area contributed by atoms with Gasteiger partial charge in [0, 0.05) is 29.3 Å². The smallest absolute Gasteiger partial charge is 0.356 e. The van der Waals surface area contributed by atoms with Gasteiger partial charge in [-0.15, -0.1) is 0 Å². The van der Waals surface area contributed by atoms with Crippen molar-refractivity contribution in [1.82, 2.24) is 9.55 Å². The van der Waals surface area contributed by atoms with Gasteiger partial charge in [-0.2, -0.15) is 0 Å². The molecule has 2 aromatic heterocycles. The minimum atomic E-state index is -1.02. The van der Waals surface area contributed by atoms with Crippen molar-refractivity contribution in [2.45, 2.75) is 6.54 Å². The second-order valence-corrected chi connectivity index (χ2v) is 4.91. The maximum Gasteiger partial charge on any atom is 0.356 e. The summed E-state index contributed by atoms with van der Waals surface area (Å²) in [5, 5.41) is 10.8. The highest BCUT2D eigenvalue weighted by molar-refractivity contribution is 6.30. The molecule has 2 heterocycles. The highest BCUT2D eigenvalue weighted by Crippen LogP contribution is 2.20. The van der Waals surface area contributed by atoms with Crippen LogP contribution in [0.3, 0.4) is 0 Å². The lowest BCUT2D eigenvalue weighted by Gasteiger charge is -2.07. The lowest BCUT2D eigenvalue weighted by molar-refractivity contribution is 0.0692. The average molecular weight is 287 g/mol. The zero-order valence-electron chi connectivity index (χ0n) is 10.5. The van der Waals surface area contributed by atoms with Crippen molar-refractivity contribution < 1.29 is 9.90 Å². The van der Waals surface area contributed by atoms with Gasteiger partial charge in [-0.25, -0.2) is 9.78 Å². The number of halogens is 1. The monoisotopic (exact) mass is 286 g/mol. The van der Waals surface area contributed by atoms with Gasteiger partial charge < -0.3 is 9.67 Å². The number of pyridine rings is 1. The number of aromatic nitrogens is 2. The molecule has 0 saturated carbocycles. The van der Waals surface area contributed by atoms with E-state index in [0.29, 0.717) is 17.1 Å². The highest BCUT2D eigenvalue weighted by atomic mass is 35.5. The lowest BCUT2D eigenvalue weighted by Crippen LogP contribution is -2.06. The van der Waals surface area contributed by atoms with E-state index >= 15 is 0 Å². The van der Waals surface area contributed by atoms with Crippen LogP contribution in [0.4, 0.5) is 0 Å². The Morgan fingerprint density at radius 1 is 1.20 bits per heavy atom. The van der Waals surface area contributed by atoms with Crippen LogP contribution in [0.2, 0.25) is 5.02 Å². The molecule has 3 rings (SSSR count). The van der Waals surface area contributed by atoms with Gasteiger partial charge in [-0.05, 0) is 29.8 Å². The fourth-order valence-corrected chi connectivity index (χ4v) is 2.35. The summed E-state index contributed by atoms with van der Waals surface area (Å²) in [4.78, 5) is 15.2. The van der Waals surface area contributed by atoms with Crippen LogP contribution in [0.15, 0.2) is 48.8 Å². The van der Waals surface area contributed by atoms with Crippen LogP contribution >= 0.6 is 11.6 Å². The molecule has 4 nitrogen and oxygen atoms in total.